The van der Waals surface area contributed by atoms with Gasteiger partial charge in [-0.3, -0.25) is 14.4 Å². The second-order valence-corrected chi connectivity index (χ2v) is 14.3. The largest absolute Gasteiger partial charge is 0.494 e. The molecule has 0 radical (unpaired) electrons. The molecule has 4 N–H and O–H groups in total. The summed E-state index contributed by atoms with van der Waals surface area (Å²) in [5.74, 6) is -0.449. The first-order valence-corrected chi connectivity index (χ1v) is 18.2. The fourth-order valence-electron chi connectivity index (χ4n) is 5.91. The van der Waals surface area contributed by atoms with Crippen molar-refractivity contribution < 1.29 is 33.4 Å². The standard InChI is InChI=1S/C41H54N4O7/c1-29-17-19-34(50-23-21-31-16-11-22-42-26-31)24-33(29)27-43-38(47)35(20-18-30-12-7-5-8-13-30)44-39(48)36(25-37(46)52-41(2,3)4)45-40(49)51-28-32-14-9-6-10-15-32/h5-10,12-15,17,19,24,31,35-36,42H,11,16,18,20-23,25-28H2,1-4H3,(H,43,47)(H,44,48)(H,45,49)/t31?,35-,36-/m0/s1. The van der Waals surface area contributed by atoms with Crippen molar-refractivity contribution in [3.8, 4) is 5.75 Å². The van der Waals surface area contributed by atoms with Crippen LogP contribution in [-0.4, -0.2) is 61.3 Å². The number of carbonyl (C=O) groups is 4. The van der Waals surface area contributed by atoms with Crippen LogP contribution in [0, 0.1) is 12.8 Å². The first-order chi connectivity index (χ1) is 24.9. The van der Waals surface area contributed by atoms with E-state index < -0.39 is 48.0 Å². The molecule has 3 aromatic carbocycles. The highest BCUT2D eigenvalue weighted by atomic mass is 16.6. The van der Waals surface area contributed by atoms with Gasteiger partial charge in [0.1, 0.15) is 30.0 Å². The van der Waals surface area contributed by atoms with Crippen molar-refractivity contribution >= 4 is 23.9 Å². The Bertz CT molecular complexity index is 1590. The van der Waals surface area contributed by atoms with E-state index >= 15 is 0 Å². The molecule has 1 aliphatic rings. The first-order valence-electron chi connectivity index (χ1n) is 18.2. The van der Waals surface area contributed by atoms with Gasteiger partial charge < -0.3 is 35.5 Å². The van der Waals surface area contributed by atoms with Crippen LogP contribution in [0.5, 0.6) is 5.75 Å². The highest BCUT2D eigenvalue weighted by Gasteiger charge is 2.31. The maximum absolute atomic E-state index is 13.8. The van der Waals surface area contributed by atoms with Crippen LogP contribution in [-0.2, 0) is 43.4 Å². The van der Waals surface area contributed by atoms with Crippen LogP contribution in [0.15, 0.2) is 78.9 Å². The van der Waals surface area contributed by atoms with Gasteiger partial charge in [0.15, 0.2) is 0 Å². The summed E-state index contributed by atoms with van der Waals surface area (Å²) in [6.07, 6.45) is 2.81. The van der Waals surface area contributed by atoms with Crippen molar-refractivity contribution in [1.29, 1.82) is 0 Å². The number of nitrogens with one attached hydrogen (secondary N) is 4. The Morgan fingerprint density at radius 3 is 2.27 bits per heavy atom. The van der Waals surface area contributed by atoms with Crippen LogP contribution in [0.3, 0.4) is 0 Å². The Balaban J connectivity index is 1.43. The van der Waals surface area contributed by atoms with Gasteiger partial charge in [-0.1, -0.05) is 66.7 Å². The van der Waals surface area contributed by atoms with Crippen molar-refractivity contribution in [3.05, 3.63) is 101 Å². The number of alkyl carbamates (subject to hydrolysis) is 1. The van der Waals surface area contributed by atoms with Gasteiger partial charge in [0.05, 0.1) is 13.0 Å². The Hall–Kier alpha value is -4.90. The van der Waals surface area contributed by atoms with E-state index in [9.17, 15) is 19.2 Å². The quantitative estimate of drug-likeness (QED) is 0.134. The van der Waals surface area contributed by atoms with E-state index in [-0.39, 0.29) is 19.6 Å². The van der Waals surface area contributed by atoms with Crippen LogP contribution in [0.2, 0.25) is 0 Å². The monoisotopic (exact) mass is 714 g/mol. The zero-order valence-electron chi connectivity index (χ0n) is 30.9. The third-order valence-electron chi connectivity index (χ3n) is 8.78. The molecule has 0 saturated carbocycles. The molecule has 52 heavy (non-hydrogen) atoms. The number of rotatable bonds is 17. The molecular weight excluding hydrogens is 660 g/mol. The minimum absolute atomic E-state index is 0.0286. The molecule has 1 heterocycles. The number of piperidine rings is 1. The molecular formula is C41H54N4O7. The minimum atomic E-state index is -1.36. The van der Waals surface area contributed by atoms with Gasteiger partial charge in [0.2, 0.25) is 11.8 Å². The third kappa shape index (κ3) is 14.4. The summed E-state index contributed by atoms with van der Waals surface area (Å²) >= 11 is 0. The highest BCUT2D eigenvalue weighted by molar-refractivity contribution is 5.93. The van der Waals surface area contributed by atoms with E-state index in [0.717, 1.165) is 47.5 Å². The molecule has 11 nitrogen and oxygen atoms in total. The molecule has 1 fully saturated rings. The molecule has 0 aromatic heterocycles. The number of benzene rings is 3. The van der Waals surface area contributed by atoms with Gasteiger partial charge in [0, 0.05) is 6.54 Å². The van der Waals surface area contributed by atoms with E-state index in [4.69, 9.17) is 14.2 Å². The molecule has 0 bridgehead atoms. The smallest absolute Gasteiger partial charge is 0.408 e. The number of hydrogen-bond donors (Lipinski definition) is 4. The maximum Gasteiger partial charge on any atom is 0.408 e. The molecule has 11 heteroatoms. The van der Waals surface area contributed by atoms with Crippen molar-refractivity contribution in [1.82, 2.24) is 21.3 Å². The summed E-state index contributed by atoms with van der Waals surface area (Å²) < 4.78 is 16.9. The minimum Gasteiger partial charge on any atom is -0.494 e. The second-order valence-electron chi connectivity index (χ2n) is 14.3. The number of esters is 1. The summed E-state index contributed by atoms with van der Waals surface area (Å²) in [5.41, 5.74) is 2.82. The summed E-state index contributed by atoms with van der Waals surface area (Å²) in [6.45, 7) is 10.0. The van der Waals surface area contributed by atoms with Gasteiger partial charge in [-0.2, -0.15) is 0 Å². The summed E-state index contributed by atoms with van der Waals surface area (Å²) in [6, 6.07) is 22.2. The molecule has 1 saturated heterocycles. The summed E-state index contributed by atoms with van der Waals surface area (Å²) in [4.78, 5) is 53.2. The lowest BCUT2D eigenvalue weighted by molar-refractivity contribution is -0.156. The van der Waals surface area contributed by atoms with Crippen LogP contribution in [0.4, 0.5) is 4.79 Å². The fraction of sp³-hybridized carbons (Fsp3) is 0.463. The van der Waals surface area contributed by atoms with Crippen molar-refractivity contribution in [2.24, 2.45) is 5.92 Å². The Kier molecular flexibility index (Phi) is 15.5. The van der Waals surface area contributed by atoms with E-state index in [1.165, 1.54) is 12.8 Å². The van der Waals surface area contributed by atoms with Crippen molar-refractivity contribution in [2.75, 3.05) is 19.7 Å². The first kappa shape index (κ1) is 39.9. The summed E-state index contributed by atoms with van der Waals surface area (Å²) in [7, 11) is 0. The molecule has 1 unspecified atom stereocenters. The molecule has 0 spiro atoms. The van der Waals surface area contributed by atoms with Crippen LogP contribution < -0.4 is 26.0 Å². The number of aryl methyl sites for hydroxylation is 2. The van der Waals surface area contributed by atoms with E-state index in [1.54, 1.807) is 32.9 Å². The lowest BCUT2D eigenvalue weighted by atomic mass is 9.97. The zero-order valence-corrected chi connectivity index (χ0v) is 30.9. The Morgan fingerprint density at radius 1 is 0.885 bits per heavy atom. The molecule has 0 aliphatic carbocycles. The summed E-state index contributed by atoms with van der Waals surface area (Å²) in [5, 5.41) is 11.7. The van der Waals surface area contributed by atoms with Gasteiger partial charge in [-0.25, -0.2) is 4.79 Å². The molecule has 4 rings (SSSR count). The Labute approximate surface area is 307 Å². The van der Waals surface area contributed by atoms with Crippen molar-refractivity contribution in [3.63, 3.8) is 0 Å². The zero-order chi connectivity index (χ0) is 37.3. The van der Waals surface area contributed by atoms with E-state index in [1.807, 2.05) is 73.7 Å². The fourth-order valence-corrected chi connectivity index (χ4v) is 5.91. The molecule has 280 valence electrons. The average molecular weight is 715 g/mol. The topological polar surface area (TPSA) is 144 Å². The number of hydrogen-bond acceptors (Lipinski definition) is 8. The van der Waals surface area contributed by atoms with E-state index in [0.29, 0.717) is 18.9 Å². The van der Waals surface area contributed by atoms with Gasteiger partial charge in [-0.05, 0) is 113 Å². The van der Waals surface area contributed by atoms with E-state index in [2.05, 4.69) is 21.3 Å². The van der Waals surface area contributed by atoms with Crippen LogP contribution in [0.25, 0.3) is 0 Å². The van der Waals surface area contributed by atoms with Gasteiger partial charge in [-0.15, -0.1) is 0 Å². The van der Waals surface area contributed by atoms with Crippen LogP contribution in [0.1, 0.15) is 75.1 Å². The Morgan fingerprint density at radius 2 is 1.60 bits per heavy atom. The SMILES string of the molecule is Cc1ccc(OCCC2CCCNC2)cc1CNC(=O)[C@H](CCc1ccccc1)NC(=O)[C@H](CC(=O)OC(C)(C)C)NC(=O)OCc1ccccc1. The van der Waals surface area contributed by atoms with Crippen LogP contribution >= 0.6 is 0 Å². The maximum atomic E-state index is 13.8. The number of ether oxygens (including phenoxy) is 3. The van der Waals surface area contributed by atoms with Gasteiger partial charge >= 0.3 is 12.1 Å². The molecule has 3 amide bonds. The van der Waals surface area contributed by atoms with Crippen molar-refractivity contribution in [2.45, 2.75) is 97.1 Å². The number of carbonyl (C=O) groups excluding carboxylic acids is 4. The predicted molar refractivity (Wildman–Crippen MR) is 199 cm³/mol. The van der Waals surface area contributed by atoms with Gasteiger partial charge in [0.25, 0.3) is 0 Å². The molecule has 3 atom stereocenters. The lowest BCUT2D eigenvalue weighted by Crippen LogP contribution is -2.54. The number of amides is 3. The molecule has 1 aliphatic heterocycles. The highest BCUT2D eigenvalue weighted by Crippen LogP contribution is 2.20. The lowest BCUT2D eigenvalue weighted by Gasteiger charge is -2.25. The predicted octanol–water partition coefficient (Wildman–Crippen LogP) is 5.52. The normalized spacial score (nSPS) is 15.4. The third-order valence-corrected chi connectivity index (χ3v) is 8.78. The average Bonchev–Trinajstić information content (AvgIpc) is 3.12. The second kappa shape index (κ2) is 20.2. The molecule has 3 aromatic rings.